The van der Waals surface area contributed by atoms with Gasteiger partial charge in [0.15, 0.2) is 0 Å². The second-order valence-corrected chi connectivity index (χ2v) is 7.08. The first-order chi connectivity index (χ1) is 14.8. The molecule has 5 N–H and O–H groups in total. The summed E-state index contributed by atoms with van der Waals surface area (Å²) in [4.78, 5) is 50.3. The summed E-state index contributed by atoms with van der Waals surface area (Å²) in [7, 11) is 0. The average Bonchev–Trinajstić information content (AvgIpc) is 3.13. The minimum absolute atomic E-state index is 0.0116. The number of rotatable bonds is 12. The van der Waals surface area contributed by atoms with Crippen LogP contribution in [0.2, 0.25) is 0 Å². The number of para-hydroxylation sites is 1. The molecule has 2 rings (SSSR count). The van der Waals surface area contributed by atoms with Gasteiger partial charge >= 0.3 is 18.0 Å². The van der Waals surface area contributed by atoms with E-state index in [-0.39, 0.29) is 25.9 Å². The highest BCUT2D eigenvalue weighted by atomic mass is 16.5. The molecule has 0 aliphatic heterocycles. The first kappa shape index (κ1) is 23.7. The van der Waals surface area contributed by atoms with E-state index in [9.17, 15) is 24.3 Å². The average molecular weight is 433 g/mol. The minimum Gasteiger partial charge on any atom is -0.481 e. The number of carboxylic acids is 2. The van der Waals surface area contributed by atoms with E-state index < -0.39 is 36.0 Å². The van der Waals surface area contributed by atoms with Crippen LogP contribution in [0.15, 0.2) is 30.5 Å². The first-order valence-corrected chi connectivity index (χ1v) is 10.0. The number of hydrogen-bond donors (Lipinski definition) is 5. The molecule has 1 heterocycles. The molecule has 0 aliphatic rings. The smallest absolute Gasteiger partial charge is 0.407 e. The van der Waals surface area contributed by atoms with Gasteiger partial charge in [-0.05, 0) is 24.5 Å². The van der Waals surface area contributed by atoms with Crippen LogP contribution in [0.1, 0.15) is 38.2 Å². The van der Waals surface area contributed by atoms with Crippen LogP contribution in [0.5, 0.6) is 0 Å². The molecule has 31 heavy (non-hydrogen) atoms. The summed E-state index contributed by atoms with van der Waals surface area (Å²) in [5.41, 5.74) is 1.54. The molecule has 0 spiro atoms. The van der Waals surface area contributed by atoms with Gasteiger partial charge in [-0.3, -0.25) is 9.59 Å². The van der Waals surface area contributed by atoms with Gasteiger partial charge in [-0.2, -0.15) is 0 Å². The third-order valence-electron chi connectivity index (χ3n) is 4.70. The summed E-state index contributed by atoms with van der Waals surface area (Å²) in [5, 5.41) is 24.1. The Morgan fingerprint density at radius 3 is 2.52 bits per heavy atom. The van der Waals surface area contributed by atoms with E-state index in [0.717, 1.165) is 17.3 Å². The van der Waals surface area contributed by atoms with E-state index >= 15 is 0 Å². The Morgan fingerprint density at radius 2 is 1.84 bits per heavy atom. The highest BCUT2D eigenvalue weighted by Crippen LogP contribution is 2.19. The van der Waals surface area contributed by atoms with E-state index in [4.69, 9.17) is 9.84 Å². The number of ether oxygens (including phenoxy) is 1. The second kappa shape index (κ2) is 11.6. The molecule has 10 nitrogen and oxygen atoms in total. The number of carbonyl (C=O) groups excluding carboxylic acids is 2. The molecule has 0 fully saturated rings. The van der Waals surface area contributed by atoms with E-state index in [2.05, 4.69) is 15.6 Å². The number of aromatic nitrogens is 1. The van der Waals surface area contributed by atoms with Gasteiger partial charge in [0, 0.05) is 29.9 Å². The topological polar surface area (TPSA) is 158 Å². The highest BCUT2D eigenvalue weighted by Gasteiger charge is 2.28. The van der Waals surface area contributed by atoms with Crippen molar-refractivity contribution >= 4 is 34.8 Å². The van der Waals surface area contributed by atoms with Crippen LogP contribution in [0.25, 0.3) is 10.9 Å². The largest absolute Gasteiger partial charge is 0.481 e. The predicted octanol–water partition coefficient (Wildman–Crippen LogP) is 2.04. The van der Waals surface area contributed by atoms with Crippen molar-refractivity contribution in [3.63, 3.8) is 0 Å². The summed E-state index contributed by atoms with van der Waals surface area (Å²) in [6.07, 6.45) is 1.70. The molecule has 0 radical (unpaired) electrons. The monoisotopic (exact) mass is 433 g/mol. The molecular weight excluding hydrogens is 406 g/mol. The molecule has 1 aromatic carbocycles. The van der Waals surface area contributed by atoms with Crippen molar-refractivity contribution in [1.29, 1.82) is 0 Å². The van der Waals surface area contributed by atoms with Gasteiger partial charge in [0.2, 0.25) is 5.91 Å². The molecule has 1 aromatic heterocycles. The molecule has 2 unspecified atom stereocenters. The number of nitrogens with one attached hydrogen (secondary N) is 3. The molecular formula is C21H27N3O7. The van der Waals surface area contributed by atoms with E-state index in [1.54, 1.807) is 6.20 Å². The van der Waals surface area contributed by atoms with Crippen LogP contribution in [-0.4, -0.2) is 57.8 Å². The van der Waals surface area contributed by atoms with Gasteiger partial charge in [0.1, 0.15) is 12.1 Å². The van der Waals surface area contributed by atoms with Crippen molar-refractivity contribution in [2.75, 3.05) is 6.61 Å². The Balaban J connectivity index is 2.08. The summed E-state index contributed by atoms with van der Waals surface area (Å²) in [5.74, 6) is -3.19. The van der Waals surface area contributed by atoms with Crippen LogP contribution in [-0.2, 0) is 25.5 Å². The van der Waals surface area contributed by atoms with Crippen molar-refractivity contribution < 1.29 is 34.1 Å². The summed E-state index contributed by atoms with van der Waals surface area (Å²) < 4.78 is 4.96. The number of aliphatic carboxylic acids is 2. The third-order valence-corrected chi connectivity index (χ3v) is 4.70. The number of fused-ring (bicyclic) bond motifs is 1. The minimum atomic E-state index is -1.27. The van der Waals surface area contributed by atoms with Gasteiger partial charge < -0.3 is 30.6 Å². The van der Waals surface area contributed by atoms with Crippen LogP contribution in [0, 0.1) is 0 Å². The van der Waals surface area contributed by atoms with Crippen molar-refractivity contribution in [2.24, 2.45) is 0 Å². The fourth-order valence-electron chi connectivity index (χ4n) is 3.02. The van der Waals surface area contributed by atoms with Gasteiger partial charge in [0.05, 0.1) is 6.61 Å². The van der Waals surface area contributed by atoms with Gasteiger partial charge in [-0.15, -0.1) is 0 Å². The van der Waals surface area contributed by atoms with Crippen LogP contribution >= 0.6 is 0 Å². The number of carbonyl (C=O) groups is 4. The molecule has 2 aromatic rings. The van der Waals surface area contributed by atoms with Gasteiger partial charge in [-0.25, -0.2) is 9.59 Å². The van der Waals surface area contributed by atoms with Gasteiger partial charge in [0.25, 0.3) is 0 Å². The predicted molar refractivity (Wildman–Crippen MR) is 112 cm³/mol. The van der Waals surface area contributed by atoms with E-state index in [1.165, 1.54) is 0 Å². The van der Waals surface area contributed by atoms with Crippen LogP contribution in [0.3, 0.4) is 0 Å². The lowest BCUT2D eigenvalue weighted by atomic mass is 10.0. The molecule has 2 amide bonds. The lowest BCUT2D eigenvalue weighted by molar-refractivity contribution is -0.142. The Labute approximate surface area is 179 Å². The van der Waals surface area contributed by atoms with Crippen LogP contribution in [0.4, 0.5) is 4.79 Å². The summed E-state index contributed by atoms with van der Waals surface area (Å²) >= 11 is 0. The number of H-pyrrole nitrogens is 1. The van der Waals surface area contributed by atoms with Crippen molar-refractivity contribution in [2.45, 2.75) is 51.1 Å². The number of carboxylic acid groups (broad SMARTS) is 2. The number of amides is 2. The maximum Gasteiger partial charge on any atom is 0.407 e. The molecule has 0 saturated heterocycles. The molecule has 168 valence electrons. The molecule has 0 bridgehead atoms. The first-order valence-electron chi connectivity index (χ1n) is 10.0. The normalized spacial score (nSPS) is 12.7. The maximum absolute atomic E-state index is 12.7. The number of aromatic amines is 1. The zero-order valence-electron chi connectivity index (χ0n) is 17.2. The second-order valence-electron chi connectivity index (χ2n) is 7.08. The fourth-order valence-corrected chi connectivity index (χ4v) is 3.02. The van der Waals surface area contributed by atoms with Crippen LogP contribution < -0.4 is 10.6 Å². The zero-order chi connectivity index (χ0) is 22.8. The van der Waals surface area contributed by atoms with E-state index in [1.807, 2.05) is 31.2 Å². The SMILES string of the molecule is CCCCOC(=O)NC(CCC(=O)O)C(=O)NC(Cc1c[nH]c2ccccc12)C(=O)O. The third kappa shape index (κ3) is 7.32. The quantitative estimate of drug-likeness (QED) is 0.320. The molecule has 10 heteroatoms. The Morgan fingerprint density at radius 1 is 1.10 bits per heavy atom. The highest BCUT2D eigenvalue weighted by molar-refractivity contribution is 5.90. The van der Waals surface area contributed by atoms with Crippen molar-refractivity contribution in [3.8, 4) is 0 Å². The zero-order valence-corrected chi connectivity index (χ0v) is 17.2. The lowest BCUT2D eigenvalue weighted by Gasteiger charge is -2.21. The van der Waals surface area contributed by atoms with E-state index in [0.29, 0.717) is 12.0 Å². The number of alkyl carbamates (subject to hydrolysis) is 1. The Bertz CT molecular complexity index is 925. The Hall–Kier alpha value is -3.56. The number of benzene rings is 1. The van der Waals surface area contributed by atoms with Gasteiger partial charge in [-0.1, -0.05) is 31.5 Å². The Kier molecular flexibility index (Phi) is 8.86. The fraction of sp³-hybridized carbons (Fsp3) is 0.429. The summed E-state index contributed by atoms with van der Waals surface area (Å²) in [6.45, 7) is 2.08. The molecule has 0 saturated carbocycles. The number of unbranched alkanes of at least 4 members (excludes halogenated alkanes) is 1. The van der Waals surface area contributed by atoms with Crippen molar-refractivity contribution in [1.82, 2.24) is 15.6 Å². The molecule has 0 aliphatic carbocycles. The van der Waals surface area contributed by atoms with Crippen molar-refractivity contribution in [3.05, 3.63) is 36.0 Å². The maximum atomic E-state index is 12.7. The lowest BCUT2D eigenvalue weighted by Crippen LogP contribution is -2.52. The summed E-state index contributed by atoms with van der Waals surface area (Å²) in [6, 6.07) is 4.85. The number of hydrogen-bond acceptors (Lipinski definition) is 5. The molecule has 2 atom stereocenters. The standard InChI is InChI=1S/C21H27N3O7/c1-2-3-10-31-21(30)24-16(8-9-18(25)26)19(27)23-17(20(28)29)11-13-12-22-15-7-5-4-6-14(13)15/h4-7,12,16-17,22H,2-3,8-11H2,1H3,(H,23,27)(H,24,30)(H,25,26)(H,28,29).